The summed E-state index contributed by atoms with van der Waals surface area (Å²) in [7, 11) is 0. The topological polar surface area (TPSA) is 106 Å². The van der Waals surface area contributed by atoms with Crippen LogP contribution in [0, 0.1) is 0 Å². The van der Waals surface area contributed by atoms with Gasteiger partial charge >= 0.3 is 0 Å². The van der Waals surface area contributed by atoms with E-state index in [1.165, 1.54) is 11.8 Å². The van der Waals surface area contributed by atoms with Crippen LogP contribution in [0.4, 0.5) is 0 Å². The molecular formula is C19H21N5O3. The normalized spacial score (nSPS) is 15.7. The first-order valence-corrected chi connectivity index (χ1v) is 9.08. The average molecular weight is 367 g/mol. The highest BCUT2D eigenvalue weighted by molar-refractivity contribution is 5.94. The summed E-state index contributed by atoms with van der Waals surface area (Å²) in [6.45, 7) is 2.33. The van der Waals surface area contributed by atoms with Gasteiger partial charge in [0.15, 0.2) is 0 Å². The Morgan fingerprint density at radius 1 is 1.44 bits per heavy atom. The van der Waals surface area contributed by atoms with Crippen LogP contribution in [-0.2, 0) is 19.4 Å². The number of aryl methyl sites for hydroxylation is 2. The van der Waals surface area contributed by atoms with Crippen molar-refractivity contribution in [1.29, 1.82) is 0 Å². The highest BCUT2D eigenvalue weighted by Gasteiger charge is 2.25. The predicted molar refractivity (Wildman–Crippen MR) is 97.0 cm³/mol. The monoisotopic (exact) mass is 367 g/mol. The first kappa shape index (κ1) is 17.4. The Bertz CT molecular complexity index is 962. The van der Waals surface area contributed by atoms with Crippen molar-refractivity contribution in [2.45, 2.75) is 38.8 Å². The SMILES string of the molecule is CCc1nc(-c2ccc3c(c2)CCC3NC(=O)c2cnn(CCO)c2)no1. The number of amides is 1. The first-order chi connectivity index (χ1) is 13.2. The molecule has 2 heterocycles. The van der Waals surface area contributed by atoms with Crippen molar-refractivity contribution in [3.05, 3.63) is 53.2 Å². The summed E-state index contributed by atoms with van der Waals surface area (Å²) in [6.07, 6.45) is 5.61. The zero-order valence-electron chi connectivity index (χ0n) is 15.1. The third-order valence-corrected chi connectivity index (χ3v) is 4.78. The molecule has 1 aliphatic rings. The van der Waals surface area contributed by atoms with E-state index in [1.807, 2.05) is 19.1 Å². The molecule has 0 aliphatic heterocycles. The van der Waals surface area contributed by atoms with Gasteiger partial charge in [-0.1, -0.05) is 24.2 Å². The van der Waals surface area contributed by atoms with Crippen LogP contribution in [0.15, 0.2) is 35.1 Å². The summed E-state index contributed by atoms with van der Waals surface area (Å²) in [5.41, 5.74) is 3.73. The van der Waals surface area contributed by atoms with Gasteiger partial charge in [0.1, 0.15) is 0 Å². The Kier molecular flexibility index (Phi) is 4.72. The number of rotatable bonds is 6. The summed E-state index contributed by atoms with van der Waals surface area (Å²) in [6, 6.07) is 6.04. The van der Waals surface area contributed by atoms with Gasteiger partial charge in [-0.3, -0.25) is 9.48 Å². The zero-order chi connectivity index (χ0) is 18.8. The Labute approximate surface area is 156 Å². The fourth-order valence-electron chi connectivity index (χ4n) is 3.37. The van der Waals surface area contributed by atoms with Crippen molar-refractivity contribution < 1.29 is 14.4 Å². The van der Waals surface area contributed by atoms with Crippen LogP contribution < -0.4 is 5.32 Å². The Morgan fingerprint density at radius 3 is 3.11 bits per heavy atom. The summed E-state index contributed by atoms with van der Waals surface area (Å²) >= 11 is 0. The number of fused-ring (bicyclic) bond motifs is 1. The zero-order valence-corrected chi connectivity index (χ0v) is 15.1. The van der Waals surface area contributed by atoms with Gasteiger partial charge < -0.3 is 14.9 Å². The summed E-state index contributed by atoms with van der Waals surface area (Å²) in [5.74, 6) is 1.06. The van der Waals surface area contributed by atoms with Gasteiger partial charge in [-0.2, -0.15) is 10.1 Å². The first-order valence-electron chi connectivity index (χ1n) is 9.08. The number of aliphatic hydroxyl groups is 1. The number of carbonyl (C=O) groups excluding carboxylic acids is 1. The Balaban J connectivity index is 1.49. The molecule has 8 nitrogen and oxygen atoms in total. The lowest BCUT2D eigenvalue weighted by Gasteiger charge is -2.13. The minimum atomic E-state index is -0.160. The van der Waals surface area contributed by atoms with E-state index < -0.39 is 0 Å². The molecule has 1 amide bonds. The van der Waals surface area contributed by atoms with Crippen LogP contribution >= 0.6 is 0 Å². The molecule has 2 aromatic heterocycles. The third kappa shape index (κ3) is 3.48. The molecule has 1 aliphatic carbocycles. The minimum Gasteiger partial charge on any atom is -0.394 e. The molecule has 140 valence electrons. The molecular weight excluding hydrogens is 346 g/mol. The Morgan fingerprint density at radius 2 is 2.33 bits per heavy atom. The van der Waals surface area contributed by atoms with Crippen molar-refractivity contribution in [2.75, 3.05) is 6.61 Å². The van der Waals surface area contributed by atoms with Crippen molar-refractivity contribution in [3.63, 3.8) is 0 Å². The maximum absolute atomic E-state index is 12.5. The van der Waals surface area contributed by atoms with E-state index in [2.05, 4.69) is 26.6 Å². The van der Waals surface area contributed by atoms with E-state index in [9.17, 15) is 4.79 Å². The predicted octanol–water partition coefficient (Wildman–Crippen LogP) is 1.91. The number of nitrogens with zero attached hydrogens (tertiary/aromatic N) is 4. The van der Waals surface area contributed by atoms with E-state index in [0.29, 0.717) is 30.2 Å². The second kappa shape index (κ2) is 7.32. The quantitative estimate of drug-likeness (QED) is 0.689. The molecule has 0 fully saturated rings. The van der Waals surface area contributed by atoms with E-state index in [4.69, 9.17) is 9.63 Å². The standard InChI is InChI=1S/C19H21N5O3/c1-2-17-22-18(23-27-17)13-3-5-15-12(9-13)4-6-16(15)21-19(26)14-10-20-24(11-14)7-8-25/h3,5,9-11,16,25H,2,4,6-8H2,1H3,(H,21,26). The molecule has 8 heteroatoms. The van der Waals surface area contributed by atoms with Gasteiger partial charge in [0, 0.05) is 18.2 Å². The lowest BCUT2D eigenvalue weighted by Crippen LogP contribution is -2.26. The number of hydrogen-bond acceptors (Lipinski definition) is 6. The molecule has 2 N–H and O–H groups in total. The molecule has 1 atom stereocenters. The van der Waals surface area contributed by atoms with Crippen LogP contribution in [-0.4, -0.2) is 37.5 Å². The number of aromatic nitrogens is 4. The maximum atomic E-state index is 12.5. The molecule has 3 aromatic rings. The minimum absolute atomic E-state index is 0.0127. The largest absolute Gasteiger partial charge is 0.394 e. The highest BCUT2D eigenvalue weighted by Crippen LogP contribution is 2.33. The molecule has 0 saturated carbocycles. The number of benzene rings is 1. The van der Waals surface area contributed by atoms with Gasteiger partial charge in [-0.25, -0.2) is 0 Å². The average Bonchev–Trinajstić information content (AvgIpc) is 3.41. The molecule has 1 unspecified atom stereocenters. The summed E-state index contributed by atoms with van der Waals surface area (Å²) in [5, 5.41) is 20.1. The third-order valence-electron chi connectivity index (χ3n) is 4.78. The number of hydrogen-bond donors (Lipinski definition) is 2. The summed E-state index contributed by atoms with van der Waals surface area (Å²) in [4.78, 5) is 16.9. The lowest BCUT2D eigenvalue weighted by atomic mass is 10.0. The van der Waals surface area contributed by atoms with Crippen molar-refractivity contribution in [3.8, 4) is 11.4 Å². The number of carbonyl (C=O) groups is 1. The van der Waals surface area contributed by atoms with Gasteiger partial charge in [0.05, 0.1) is 31.0 Å². The fourth-order valence-corrected chi connectivity index (χ4v) is 3.37. The molecule has 4 rings (SSSR count). The second-order valence-corrected chi connectivity index (χ2v) is 6.56. The van der Waals surface area contributed by atoms with Crippen LogP contribution in [0.25, 0.3) is 11.4 Å². The molecule has 0 saturated heterocycles. The van der Waals surface area contributed by atoms with E-state index in [-0.39, 0.29) is 18.6 Å². The second-order valence-electron chi connectivity index (χ2n) is 6.56. The smallest absolute Gasteiger partial charge is 0.254 e. The molecule has 0 radical (unpaired) electrons. The number of nitrogens with one attached hydrogen (secondary N) is 1. The molecule has 0 spiro atoms. The number of aliphatic hydroxyl groups excluding tert-OH is 1. The maximum Gasteiger partial charge on any atom is 0.254 e. The van der Waals surface area contributed by atoms with Gasteiger partial charge in [0.2, 0.25) is 11.7 Å². The molecule has 0 bridgehead atoms. The summed E-state index contributed by atoms with van der Waals surface area (Å²) < 4.78 is 6.74. The van der Waals surface area contributed by atoms with E-state index in [0.717, 1.165) is 24.0 Å². The van der Waals surface area contributed by atoms with Gasteiger partial charge in [-0.15, -0.1) is 0 Å². The van der Waals surface area contributed by atoms with Crippen molar-refractivity contribution in [2.24, 2.45) is 0 Å². The van der Waals surface area contributed by atoms with E-state index >= 15 is 0 Å². The van der Waals surface area contributed by atoms with Crippen molar-refractivity contribution >= 4 is 5.91 Å². The molecule has 27 heavy (non-hydrogen) atoms. The fraction of sp³-hybridized carbons (Fsp3) is 0.368. The van der Waals surface area contributed by atoms with Crippen LogP contribution in [0.5, 0.6) is 0 Å². The molecule has 1 aromatic carbocycles. The lowest BCUT2D eigenvalue weighted by molar-refractivity contribution is 0.0936. The van der Waals surface area contributed by atoms with Gasteiger partial charge in [0.25, 0.3) is 5.91 Å². The van der Waals surface area contributed by atoms with Crippen molar-refractivity contribution in [1.82, 2.24) is 25.2 Å². The van der Waals surface area contributed by atoms with Crippen LogP contribution in [0.1, 0.15) is 46.8 Å². The Hall–Kier alpha value is -3.00. The van der Waals surface area contributed by atoms with Crippen LogP contribution in [0.3, 0.4) is 0 Å². The van der Waals surface area contributed by atoms with E-state index in [1.54, 1.807) is 10.9 Å². The van der Waals surface area contributed by atoms with Crippen LogP contribution in [0.2, 0.25) is 0 Å². The van der Waals surface area contributed by atoms with Gasteiger partial charge in [-0.05, 0) is 30.0 Å². The highest BCUT2D eigenvalue weighted by atomic mass is 16.5.